The molecule has 3 rings (SSSR count). The Morgan fingerprint density at radius 2 is 1.93 bits per heavy atom. The third kappa shape index (κ3) is 6.54. The van der Waals surface area contributed by atoms with Crippen molar-refractivity contribution in [3.05, 3.63) is 42.3 Å². The highest BCUT2D eigenvalue weighted by Gasteiger charge is 2.22. The van der Waals surface area contributed by atoms with Gasteiger partial charge in [-0.2, -0.15) is 4.98 Å². The fourth-order valence-corrected chi connectivity index (χ4v) is 3.14. The Morgan fingerprint density at radius 3 is 2.59 bits per heavy atom. The largest absolute Gasteiger partial charge is 0.352 e. The molecule has 2 heterocycles. The van der Waals surface area contributed by atoms with E-state index in [0.717, 1.165) is 25.9 Å². The van der Waals surface area contributed by atoms with Crippen LogP contribution in [-0.2, 0) is 0 Å². The van der Waals surface area contributed by atoms with Crippen LogP contribution in [0.4, 0.5) is 26.6 Å². The molecule has 2 aromatic rings. The molecule has 1 aliphatic heterocycles. The van der Waals surface area contributed by atoms with Crippen molar-refractivity contribution in [2.45, 2.75) is 32.7 Å². The van der Waals surface area contributed by atoms with Crippen LogP contribution in [0.15, 0.2) is 36.5 Å². The number of anilines is 3. The lowest BCUT2D eigenvalue weighted by Gasteiger charge is -2.26. The zero-order valence-corrected chi connectivity index (χ0v) is 17.5. The van der Waals surface area contributed by atoms with Gasteiger partial charge in [0.05, 0.1) is 5.69 Å². The molecule has 1 aromatic heterocycles. The Kier molecular flexibility index (Phi) is 8.60. The molecule has 2 amide bonds. The van der Waals surface area contributed by atoms with Crippen molar-refractivity contribution in [1.82, 2.24) is 20.6 Å². The number of aromatic nitrogens is 2. The highest BCUT2D eigenvalue weighted by molar-refractivity contribution is 5.98. The van der Waals surface area contributed by atoms with Crippen molar-refractivity contribution in [3.8, 4) is 0 Å². The van der Waals surface area contributed by atoms with Crippen molar-refractivity contribution in [2.75, 3.05) is 29.9 Å². The summed E-state index contributed by atoms with van der Waals surface area (Å²) in [6.45, 7) is 6.51. The fourth-order valence-electron chi connectivity index (χ4n) is 3.14. The summed E-state index contributed by atoms with van der Waals surface area (Å²) in [5.74, 6) is 0.950. The van der Waals surface area contributed by atoms with Crippen LogP contribution in [0.5, 0.6) is 0 Å². The van der Waals surface area contributed by atoms with Gasteiger partial charge in [0.2, 0.25) is 5.95 Å². The predicted molar refractivity (Wildman–Crippen MR) is 116 cm³/mol. The van der Waals surface area contributed by atoms with Crippen molar-refractivity contribution in [2.24, 2.45) is 5.92 Å². The summed E-state index contributed by atoms with van der Waals surface area (Å²) in [4.78, 5) is 23.1. The maximum Gasteiger partial charge on any atom is 0.327 e. The van der Waals surface area contributed by atoms with E-state index in [0.29, 0.717) is 29.9 Å². The number of nitrogens with one attached hydrogen (secondary N) is 3. The van der Waals surface area contributed by atoms with E-state index in [2.05, 4.69) is 25.9 Å². The van der Waals surface area contributed by atoms with Gasteiger partial charge < -0.3 is 16.0 Å². The zero-order chi connectivity index (χ0) is 19.9. The summed E-state index contributed by atoms with van der Waals surface area (Å²) in [5.41, 5.74) is 0.540. The second-order valence-corrected chi connectivity index (χ2v) is 7.23. The van der Waals surface area contributed by atoms with Crippen molar-refractivity contribution < 1.29 is 9.18 Å². The van der Waals surface area contributed by atoms with Crippen LogP contribution in [0.2, 0.25) is 0 Å². The summed E-state index contributed by atoms with van der Waals surface area (Å²) in [6, 6.07) is 7.32. The summed E-state index contributed by atoms with van der Waals surface area (Å²) in [7, 11) is 0. The summed E-state index contributed by atoms with van der Waals surface area (Å²) < 4.78 is 13.4. The maximum absolute atomic E-state index is 13.4. The topological polar surface area (TPSA) is 82.2 Å². The van der Waals surface area contributed by atoms with E-state index in [-0.39, 0.29) is 30.3 Å². The van der Waals surface area contributed by atoms with Crippen LogP contribution in [0.3, 0.4) is 0 Å². The predicted octanol–water partition coefficient (Wildman–Crippen LogP) is 3.71. The number of halogens is 2. The first-order chi connectivity index (χ1) is 13.5. The average molecular weight is 423 g/mol. The SMILES string of the molecule is CC(C)Nc1nccc(N(C(=O)NCC2CCNCC2)c2ccc(F)cc2)n1.Cl. The van der Waals surface area contributed by atoms with E-state index >= 15 is 0 Å². The van der Waals surface area contributed by atoms with Gasteiger partial charge in [0, 0.05) is 24.8 Å². The number of nitrogens with zero attached hydrogens (tertiary/aromatic N) is 3. The Morgan fingerprint density at radius 1 is 1.24 bits per heavy atom. The number of carbonyl (C=O) groups is 1. The number of piperidine rings is 1. The van der Waals surface area contributed by atoms with Crippen LogP contribution in [0, 0.1) is 11.7 Å². The minimum atomic E-state index is -0.358. The number of benzene rings is 1. The van der Waals surface area contributed by atoms with Gasteiger partial charge in [-0.1, -0.05) is 0 Å². The van der Waals surface area contributed by atoms with Gasteiger partial charge >= 0.3 is 6.03 Å². The second kappa shape index (κ2) is 10.9. The molecule has 1 aromatic carbocycles. The Labute approximate surface area is 176 Å². The van der Waals surface area contributed by atoms with Gasteiger partial charge in [-0.15, -0.1) is 12.4 Å². The molecule has 1 aliphatic rings. The van der Waals surface area contributed by atoms with E-state index in [1.165, 1.54) is 17.0 Å². The molecule has 0 spiro atoms. The maximum atomic E-state index is 13.4. The van der Waals surface area contributed by atoms with Crippen LogP contribution in [0.25, 0.3) is 0 Å². The molecule has 1 fully saturated rings. The van der Waals surface area contributed by atoms with Gasteiger partial charge in [0.1, 0.15) is 11.6 Å². The molecule has 0 aliphatic carbocycles. The van der Waals surface area contributed by atoms with Crippen molar-refractivity contribution in [3.63, 3.8) is 0 Å². The quantitative estimate of drug-likeness (QED) is 0.661. The number of urea groups is 1. The van der Waals surface area contributed by atoms with Crippen LogP contribution < -0.4 is 20.9 Å². The van der Waals surface area contributed by atoms with Crippen molar-refractivity contribution in [1.29, 1.82) is 0 Å². The van der Waals surface area contributed by atoms with Gasteiger partial charge in [-0.25, -0.2) is 19.1 Å². The number of hydrogen-bond donors (Lipinski definition) is 3. The van der Waals surface area contributed by atoms with Crippen LogP contribution in [0.1, 0.15) is 26.7 Å². The summed E-state index contributed by atoms with van der Waals surface area (Å²) in [6.07, 6.45) is 3.67. The smallest absolute Gasteiger partial charge is 0.327 e. The monoisotopic (exact) mass is 422 g/mol. The minimum Gasteiger partial charge on any atom is -0.352 e. The number of rotatable bonds is 6. The molecule has 158 valence electrons. The summed E-state index contributed by atoms with van der Waals surface area (Å²) in [5, 5.41) is 9.47. The van der Waals surface area contributed by atoms with Gasteiger partial charge in [-0.05, 0) is 70.0 Å². The second-order valence-electron chi connectivity index (χ2n) is 7.23. The number of hydrogen-bond acceptors (Lipinski definition) is 5. The highest BCUT2D eigenvalue weighted by atomic mass is 35.5. The molecular weight excluding hydrogens is 395 g/mol. The first-order valence-corrected chi connectivity index (χ1v) is 9.67. The Bertz CT molecular complexity index is 783. The molecule has 7 nitrogen and oxygen atoms in total. The Hall–Kier alpha value is -2.45. The molecule has 0 radical (unpaired) electrons. The van der Waals surface area contributed by atoms with E-state index < -0.39 is 0 Å². The zero-order valence-electron chi connectivity index (χ0n) is 16.7. The van der Waals surface area contributed by atoms with Gasteiger partial charge in [-0.3, -0.25) is 0 Å². The normalized spacial score (nSPS) is 14.2. The molecule has 9 heteroatoms. The minimum absolute atomic E-state index is 0. The fraction of sp³-hybridized carbons (Fsp3) is 0.450. The molecule has 0 bridgehead atoms. The molecule has 0 unspecified atom stereocenters. The van der Waals surface area contributed by atoms with Crippen LogP contribution >= 0.6 is 12.4 Å². The van der Waals surface area contributed by atoms with Crippen LogP contribution in [-0.4, -0.2) is 41.7 Å². The van der Waals surface area contributed by atoms with Crippen molar-refractivity contribution >= 4 is 35.9 Å². The summed E-state index contributed by atoms with van der Waals surface area (Å²) >= 11 is 0. The lowest BCUT2D eigenvalue weighted by atomic mass is 9.98. The molecule has 0 atom stereocenters. The molecular formula is C20H28ClFN6O. The first-order valence-electron chi connectivity index (χ1n) is 9.67. The third-order valence-electron chi connectivity index (χ3n) is 4.58. The molecule has 29 heavy (non-hydrogen) atoms. The molecule has 3 N–H and O–H groups in total. The number of amides is 2. The molecule has 1 saturated heterocycles. The van der Waals surface area contributed by atoms with E-state index in [9.17, 15) is 9.18 Å². The molecule has 0 saturated carbocycles. The highest BCUT2D eigenvalue weighted by Crippen LogP contribution is 2.25. The van der Waals surface area contributed by atoms with Gasteiger partial charge in [0.15, 0.2) is 0 Å². The average Bonchev–Trinajstić information content (AvgIpc) is 2.69. The van der Waals surface area contributed by atoms with E-state index in [1.807, 2.05) is 13.8 Å². The lowest BCUT2D eigenvalue weighted by molar-refractivity contribution is 0.244. The third-order valence-corrected chi connectivity index (χ3v) is 4.58. The van der Waals surface area contributed by atoms with Gasteiger partial charge in [0.25, 0.3) is 0 Å². The first kappa shape index (κ1) is 22.8. The van der Waals surface area contributed by atoms with E-state index in [4.69, 9.17) is 0 Å². The standard InChI is InChI=1S/C20H27FN6O.ClH/c1-14(2)25-19-23-12-9-18(26-19)27(17-5-3-16(21)4-6-17)20(28)24-13-15-7-10-22-11-8-15;/h3-6,9,12,14-15,22H,7-8,10-11,13H2,1-2H3,(H,24,28)(H,23,25,26);1H. The Balaban J connectivity index is 0.00000300. The van der Waals surface area contributed by atoms with E-state index in [1.54, 1.807) is 24.4 Å². The number of carbonyl (C=O) groups excluding carboxylic acids is 1. The lowest BCUT2D eigenvalue weighted by Crippen LogP contribution is -2.42.